The number of aliphatic imine (C=N–C) groups is 1. The summed E-state index contributed by atoms with van der Waals surface area (Å²) in [5.41, 5.74) is 0.0107. The van der Waals surface area contributed by atoms with E-state index in [4.69, 9.17) is 13.9 Å². The van der Waals surface area contributed by atoms with Gasteiger partial charge in [-0.15, -0.1) is 0 Å². The van der Waals surface area contributed by atoms with Crippen LogP contribution in [-0.2, 0) is 15.9 Å². The SMILES string of the molecule is C/C(Cc1cc(=O)c2c(C)cc(O)c(C3OC(CO)C(O)C(O)C3O)c2o1)=N\C1C(O)OC(CO)C(C)C1O. The molecular weight excluding hydrogens is 518 g/mol. The first-order chi connectivity index (χ1) is 18.4. The molecule has 0 bridgehead atoms. The lowest BCUT2D eigenvalue weighted by Gasteiger charge is -2.40. The molecule has 0 spiro atoms. The molecule has 2 fully saturated rings. The number of aliphatic hydroxyl groups is 7. The van der Waals surface area contributed by atoms with Crippen LogP contribution in [0.25, 0.3) is 11.0 Å². The summed E-state index contributed by atoms with van der Waals surface area (Å²) >= 11 is 0. The van der Waals surface area contributed by atoms with Crippen molar-refractivity contribution in [1.29, 1.82) is 0 Å². The Labute approximate surface area is 223 Å². The van der Waals surface area contributed by atoms with Gasteiger partial charge in [0.2, 0.25) is 0 Å². The Balaban J connectivity index is 1.73. The van der Waals surface area contributed by atoms with Crippen LogP contribution in [0.3, 0.4) is 0 Å². The van der Waals surface area contributed by atoms with E-state index >= 15 is 0 Å². The number of phenols is 1. The fraction of sp³-hybridized carbons (Fsp3) is 0.615. The van der Waals surface area contributed by atoms with Crippen LogP contribution in [0, 0.1) is 12.8 Å². The number of hydrogen-bond donors (Lipinski definition) is 8. The number of aromatic hydroxyl groups is 1. The average molecular weight is 554 g/mol. The molecule has 216 valence electrons. The van der Waals surface area contributed by atoms with Gasteiger partial charge in [0, 0.05) is 24.1 Å². The molecule has 0 aliphatic carbocycles. The Morgan fingerprint density at radius 1 is 0.949 bits per heavy atom. The second-order valence-corrected chi connectivity index (χ2v) is 10.3. The number of aryl methyl sites for hydroxylation is 1. The molecule has 1 aromatic carbocycles. The van der Waals surface area contributed by atoms with Crippen LogP contribution in [-0.4, -0.2) is 109 Å². The Kier molecular flexibility index (Phi) is 8.76. The number of benzene rings is 1. The first kappa shape index (κ1) is 29.5. The summed E-state index contributed by atoms with van der Waals surface area (Å²) in [4.78, 5) is 17.5. The lowest BCUT2D eigenvalue weighted by atomic mass is 9.89. The summed E-state index contributed by atoms with van der Waals surface area (Å²) in [6.45, 7) is 3.77. The molecule has 13 nitrogen and oxygen atoms in total. The van der Waals surface area contributed by atoms with Crippen molar-refractivity contribution < 1.29 is 54.7 Å². The average Bonchev–Trinajstić information content (AvgIpc) is 2.88. The maximum atomic E-state index is 13.1. The van der Waals surface area contributed by atoms with Crippen molar-refractivity contribution >= 4 is 16.7 Å². The summed E-state index contributed by atoms with van der Waals surface area (Å²) in [7, 11) is 0. The summed E-state index contributed by atoms with van der Waals surface area (Å²) in [6.07, 6.45) is -11.1. The van der Waals surface area contributed by atoms with Gasteiger partial charge in [0.25, 0.3) is 0 Å². The highest BCUT2D eigenvalue weighted by molar-refractivity contribution is 5.87. The Hall–Kier alpha value is -2.46. The molecule has 0 saturated carbocycles. The molecule has 4 rings (SSSR count). The molecule has 2 saturated heterocycles. The zero-order valence-electron chi connectivity index (χ0n) is 21.7. The zero-order valence-corrected chi connectivity index (χ0v) is 21.7. The van der Waals surface area contributed by atoms with Gasteiger partial charge in [0.05, 0.1) is 36.4 Å². The molecule has 39 heavy (non-hydrogen) atoms. The first-order valence-electron chi connectivity index (χ1n) is 12.6. The van der Waals surface area contributed by atoms with Crippen molar-refractivity contribution in [2.45, 2.75) is 82.3 Å². The number of rotatable bonds is 6. The molecule has 0 amide bonds. The molecule has 13 heteroatoms. The van der Waals surface area contributed by atoms with E-state index in [-0.39, 0.29) is 35.3 Å². The zero-order chi connectivity index (χ0) is 28.8. The Morgan fingerprint density at radius 3 is 2.26 bits per heavy atom. The predicted molar refractivity (Wildman–Crippen MR) is 135 cm³/mol. The van der Waals surface area contributed by atoms with Crippen LogP contribution >= 0.6 is 0 Å². The van der Waals surface area contributed by atoms with Gasteiger partial charge in [-0.05, 0) is 25.5 Å². The summed E-state index contributed by atoms with van der Waals surface area (Å²) in [5.74, 6) is -0.801. The quantitative estimate of drug-likeness (QED) is 0.189. The number of fused-ring (bicyclic) bond motifs is 1. The van der Waals surface area contributed by atoms with Gasteiger partial charge < -0.3 is 54.7 Å². The summed E-state index contributed by atoms with van der Waals surface area (Å²) in [5, 5.41) is 81.9. The first-order valence-corrected chi connectivity index (χ1v) is 12.6. The molecule has 10 atom stereocenters. The molecular formula is C26H35NO12. The largest absolute Gasteiger partial charge is 0.507 e. The minimum absolute atomic E-state index is 0.0399. The number of ether oxygens (including phenoxy) is 2. The van der Waals surface area contributed by atoms with Crippen molar-refractivity contribution in [2.24, 2.45) is 10.9 Å². The summed E-state index contributed by atoms with van der Waals surface area (Å²) in [6, 6.07) is 1.47. The van der Waals surface area contributed by atoms with E-state index in [2.05, 4.69) is 4.99 Å². The van der Waals surface area contributed by atoms with Gasteiger partial charge in [-0.3, -0.25) is 9.79 Å². The van der Waals surface area contributed by atoms with E-state index in [9.17, 15) is 45.6 Å². The van der Waals surface area contributed by atoms with Crippen LogP contribution in [0.1, 0.15) is 36.8 Å². The van der Waals surface area contributed by atoms with E-state index < -0.39 is 78.8 Å². The number of hydrogen-bond acceptors (Lipinski definition) is 13. The highest BCUT2D eigenvalue weighted by Crippen LogP contribution is 2.41. The molecule has 10 unspecified atom stereocenters. The van der Waals surface area contributed by atoms with E-state index in [1.54, 1.807) is 20.8 Å². The van der Waals surface area contributed by atoms with Gasteiger partial charge in [0.15, 0.2) is 11.7 Å². The second-order valence-electron chi connectivity index (χ2n) is 10.3. The second kappa shape index (κ2) is 11.6. The minimum Gasteiger partial charge on any atom is -0.507 e. The number of phenolic OH excluding ortho intramolecular Hbond substituents is 1. The van der Waals surface area contributed by atoms with Gasteiger partial charge in [-0.25, -0.2) is 0 Å². The van der Waals surface area contributed by atoms with Gasteiger partial charge in [0.1, 0.15) is 53.7 Å². The van der Waals surface area contributed by atoms with Crippen molar-refractivity contribution in [1.82, 2.24) is 0 Å². The smallest absolute Gasteiger partial charge is 0.193 e. The molecule has 0 radical (unpaired) electrons. The number of aliphatic hydroxyl groups excluding tert-OH is 7. The van der Waals surface area contributed by atoms with E-state index in [1.165, 1.54) is 12.1 Å². The van der Waals surface area contributed by atoms with Crippen LogP contribution in [0.5, 0.6) is 5.75 Å². The van der Waals surface area contributed by atoms with Crippen LogP contribution in [0.15, 0.2) is 26.3 Å². The highest BCUT2D eigenvalue weighted by Gasteiger charge is 2.46. The van der Waals surface area contributed by atoms with Crippen molar-refractivity contribution in [3.05, 3.63) is 39.2 Å². The molecule has 2 aliphatic heterocycles. The van der Waals surface area contributed by atoms with Gasteiger partial charge >= 0.3 is 0 Å². The molecule has 2 aromatic rings. The fourth-order valence-corrected chi connectivity index (χ4v) is 5.26. The van der Waals surface area contributed by atoms with Gasteiger partial charge in [-0.2, -0.15) is 0 Å². The van der Waals surface area contributed by atoms with Crippen molar-refractivity contribution in [3.63, 3.8) is 0 Å². The summed E-state index contributed by atoms with van der Waals surface area (Å²) < 4.78 is 17.0. The van der Waals surface area contributed by atoms with E-state index in [1.807, 2.05) is 0 Å². The predicted octanol–water partition coefficient (Wildman–Crippen LogP) is -1.60. The normalized spacial score (nSPS) is 35.9. The Morgan fingerprint density at radius 2 is 1.62 bits per heavy atom. The Bertz CT molecular complexity index is 1280. The molecule has 8 N–H and O–H groups in total. The van der Waals surface area contributed by atoms with Crippen molar-refractivity contribution in [2.75, 3.05) is 13.2 Å². The topological polar surface area (TPSA) is 223 Å². The standard InChI is InChI=1S/C26H35NO12/c1-9-4-13(30)18(25-23(35)22(34)21(33)16(8-29)38-25)24-17(9)14(31)6-12(37-24)5-10(2)27-19-20(32)11(3)15(7-28)39-26(19)36/h4,6,11,15-16,19-23,25-26,28-30,32-36H,5,7-8H2,1-3H3/b27-10+. The third-order valence-corrected chi connectivity index (χ3v) is 7.50. The molecule has 3 heterocycles. The van der Waals surface area contributed by atoms with Crippen molar-refractivity contribution in [3.8, 4) is 5.75 Å². The third-order valence-electron chi connectivity index (χ3n) is 7.50. The monoisotopic (exact) mass is 553 g/mol. The lowest BCUT2D eigenvalue weighted by Crippen LogP contribution is -2.55. The lowest BCUT2D eigenvalue weighted by molar-refractivity contribution is -0.231. The maximum Gasteiger partial charge on any atom is 0.193 e. The molecule has 2 aliphatic rings. The third kappa shape index (κ3) is 5.46. The van der Waals surface area contributed by atoms with Crippen LogP contribution < -0.4 is 5.43 Å². The fourth-order valence-electron chi connectivity index (χ4n) is 5.26. The maximum absolute atomic E-state index is 13.1. The highest BCUT2D eigenvalue weighted by atomic mass is 16.6. The molecule has 1 aromatic heterocycles. The van der Waals surface area contributed by atoms with Gasteiger partial charge in [-0.1, -0.05) is 6.92 Å². The van der Waals surface area contributed by atoms with E-state index in [0.717, 1.165) is 0 Å². The number of nitrogens with zero attached hydrogens (tertiary/aromatic N) is 1. The van der Waals surface area contributed by atoms with E-state index in [0.29, 0.717) is 11.3 Å². The minimum atomic E-state index is -1.73. The van der Waals surface area contributed by atoms with Crippen LogP contribution in [0.4, 0.5) is 0 Å². The van der Waals surface area contributed by atoms with Crippen LogP contribution in [0.2, 0.25) is 0 Å².